The standard InChI is InChI=1S/C19H28N4O3/c1-22(16-8-10-20-11-9-16)19(25)26-17-6-4-15(5-7-17)14-21-18(24)23-12-2-3-13-23/h8-11,15,17H,2-7,12-14H2,1H3,(H,21,24). The molecular weight excluding hydrogens is 332 g/mol. The third-order valence-electron chi connectivity index (χ3n) is 5.32. The van der Waals surface area contributed by atoms with Gasteiger partial charge in [-0.1, -0.05) is 0 Å². The Labute approximate surface area is 154 Å². The first-order valence-corrected chi connectivity index (χ1v) is 9.50. The fourth-order valence-corrected chi connectivity index (χ4v) is 3.61. The Kier molecular flexibility index (Phi) is 6.30. The molecule has 1 aromatic heterocycles. The van der Waals surface area contributed by atoms with Crippen LogP contribution in [0.15, 0.2) is 24.5 Å². The summed E-state index contributed by atoms with van der Waals surface area (Å²) >= 11 is 0. The zero-order chi connectivity index (χ0) is 18.4. The van der Waals surface area contributed by atoms with Crippen molar-refractivity contribution in [3.05, 3.63) is 24.5 Å². The van der Waals surface area contributed by atoms with E-state index in [9.17, 15) is 9.59 Å². The molecule has 0 unspecified atom stereocenters. The summed E-state index contributed by atoms with van der Waals surface area (Å²) in [6.07, 6.45) is 8.78. The van der Waals surface area contributed by atoms with Crippen molar-refractivity contribution in [3.63, 3.8) is 0 Å². The lowest BCUT2D eigenvalue weighted by atomic mass is 9.87. The molecule has 0 radical (unpaired) electrons. The monoisotopic (exact) mass is 360 g/mol. The third kappa shape index (κ3) is 4.86. The number of urea groups is 1. The van der Waals surface area contributed by atoms with Crippen LogP contribution in [0.4, 0.5) is 15.3 Å². The van der Waals surface area contributed by atoms with Crippen molar-refractivity contribution in [1.82, 2.24) is 15.2 Å². The Bertz CT molecular complexity index is 596. The molecule has 2 fully saturated rings. The van der Waals surface area contributed by atoms with Gasteiger partial charge in [0.25, 0.3) is 0 Å². The lowest BCUT2D eigenvalue weighted by Gasteiger charge is -2.30. The van der Waals surface area contributed by atoms with Crippen molar-refractivity contribution in [2.24, 2.45) is 5.92 Å². The van der Waals surface area contributed by atoms with Gasteiger partial charge in [-0.15, -0.1) is 0 Å². The fourth-order valence-electron chi connectivity index (χ4n) is 3.61. The number of pyridine rings is 1. The minimum Gasteiger partial charge on any atom is -0.446 e. The highest BCUT2D eigenvalue weighted by Crippen LogP contribution is 2.26. The number of carbonyl (C=O) groups excluding carboxylic acids is 2. The number of aromatic nitrogens is 1. The number of nitrogens with one attached hydrogen (secondary N) is 1. The molecule has 0 aromatic carbocycles. The van der Waals surface area contributed by atoms with E-state index in [1.165, 1.54) is 4.90 Å². The fraction of sp³-hybridized carbons (Fsp3) is 0.632. The summed E-state index contributed by atoms with van der Waals surface area (Å²) in [5, 5.41) is 3.05. The van der Waals surface area contributed by atoms with Crippen LogP contribution in [-0.2, 0) is 4.74 Å². The molecule has 1 saturated heterocycles. The van der Waals surface area contributed by atoms with Gasteiger partial charge in [-0.05, 0) is 56.6 Å². The highest BCUT2D eigenvalue weighted by Gasteiger charge is 2.26. The average Bonchev–Trinajstić information content (AvgIpc) is 3.22. The Morgan fingerprint density at radius 1 is 1.19 bits per heavy atom. The number of anilines is 1. The number of hydrogen-bond donors (Lipinski definition) is 1. The number of rotatable bonds is 4. The lowest BCUT2D eigenvalue weighted by Crippen LogP contribution is -2.41. The Morgan fingerprint density at radius 3 is 2.50 bits per heavy atom. The normalized spacial score (nSPS) is 22.7. The second-order valence-electron chi connectivity index (χ2n) is 7.17. The number of ether oxygens (including phenoxy) is 1. The maximum Gasteiger partial charge on any atom is 0.414 e. The first-order chi connectivity index (χ1) is 12.6. The zero-order valence-electron chi connectivity index (χ0n) is 15.4. The van der Waals surface area contributed by atoms with E-state index in [0.29, 0.717) is 12.5 Å². The van der Waals surface area contributed by atoms with Crippen molar-refractivity contribution in [2.75, 3.05) is 31.6 Å². The number of hydrogen-bond acceptors (Lipinski definition) is 4. The number of likely N-dealkylation sites (tertiary alicyclic amines) is 1. The summed E-state index contributed by atoms with van der Waals surface area (Å²) in [6.45, 7) is 2.46. The van der Waals surface area contributed by atoms with Crippen LogP contribution in [0.2, 0.25) is 0 Å². The molecule has 0 spiro atoms. The van der Waals surface area contributed by atoms with Gasteiger partial charge in [0.2, 0.25) is 0 Å². The van der Waals surface area contributed by atoms with Gasteiger partial charge in [-0.2, -0.15) is 0 Å². The molecule has 7 nitrogen and oxygen atoms in total. The topological polar surface area (TPSA) is 74.8 Å². The van der Waals surface area contributed by atoms with Crippen molar-refractivity contribution in [2.45, 2.75) is 44.6 Å². The molecule has 1 saturated carbocycles. The molecule has 1 N–H and O–H groups in total. The van der Waals surface area contributed by atoms with Gasteiger partial charge in [-0.25, -0.2) is 9.59 Å². The van der Waals surface area contributed by atoms with Gasteiger partial charge in [0.1, 0.15) is 6.10 Å². The molecule has 1 aromatic rings. The largest absolute Gasteiger partial charge is 0.446 e. The molecule has 2 heterocycles. The summed E-state index contributed by atoms with van der Waals surface area (Å²) in [6, 6.07) is 3.62. The molecule has 0 bridgehead atoms. The molecule has 3 amide bonds. The summed E-state index contributed by atoms with van der Waals surface area (Å²) in [4.78, 5) is 31.7. The molecule has 1 aliphatic carbocycles. The van der Waals surface area contributed by atoms with Crippen molar-refractivity contribution >= 4 is 17.8 Å². The maximum absolute atomic E-state index is 12.3. The SMILES string of the molecule is CN(C(=O)OC1CCC(CNC(=O)N2CCCC2)CC1)c1ccncc1. The molecule has 3 rings (SSSR count). The van der Waals surface area contributed by atoms with Crippen molar-refractivity contribution in [3.8, 4) is 0 Å². The van der Waals surface area contributed by atoms with Gasteiger partial charge >= 0.3 is 12.1 Å². The van der Waals surface area contributed by atoms with E-state index < -0.39 is 0 Å². The van der Waals surface area contributed by atoms with Gasteiger partial charge in [0.05, 0.1) is 0 Å². The first-order valence-electron chi connectivity index (χ1n) is 9.50. The third-order valence-corrected chi connectivity index (χ3v) is 5.32. The van der Waals surface area contributed by atoms with Crippen LogP contribution in [0.5, 0.6) is 0 Å². The quantitative estimate of drug-likeness (QED) is 0.896. The van der Waals surface area contributed by atoms with Crippen LogP contribution in [0.25, 0.3) is 0 Å². The number of amides is 3. The van der Waals surface area contributed by atoms with Gasteiger partial charge in [0, 0.05) is 44.8 Å². The predicted molar refractivity (Wildman–Crippen MR) is 99.1 cm³/mol. The van der Waals surface area contributed by atoms with Crippen molar-refractivity contribution in [1.29, 1.82) is 0 Å². The number of nitrogens with zero attached hydrogens (tertiary/aromatic N) is 3. The summed E-state index contributed by atoms with van der Waals surface area (Å²) in [5.41, 5.74) is 0.767. The summed E-state index contributed by atoms with van der Waals surface area (Å²) < 4.78 is 5.63. The second-order valence-corrected chi connectivity index (χ2v) is 7.17. The highest BCUT2D eigenvalue weighted by atomic mass is 16.6. The van der Waals surface area contributed by atoms with E-state index in [1.807, 2.05) is 4.90 Å². The van der Waals surface area contributed by atoms with E-state index in [1.54, 1.807) is 31.6 Å². The lowest BCUT2D eigenvalue weighted by molar-refractivity contribution is 0.0702. The molecular formula is C19H28N4O3. The van der Waals surface area contributed by atoms with E-state index in [-0.39, 0.29) is 18.2 Å². The molecule has 1 aliphatic heterocycles. The Hall–Kier alpha value is -2.31. The minimum atomic E-state index is -0.331. The predicted octanol–water partition coefficient (Wildman–Crippen LogP) is 3.02. The van der Waals surface area contributed by atoms with E-state index in [4.69, 9.17) is 4.74 Å². The van der Waals surface area contributed by atoms with Gasteiger partial charge in [-0.3, -0.25) is 9.88 Å². The Balaban J connectivity index is 1.37. The van der Waals surface area contributed by atoms with Gasteiger partial charge in [0.15, 0.2) is 0 Å². The van der Waals surface area contributed by atoms with Gasteiger partial charge < -0.3 is 15.0 Å². The van der Waals surface area contributed by atoms with Crippen LogP contribution in [-0.4, -0.2) is 54.8 Å². The van der Waals surface area contributed by atoms with Crippen LogP contribution in [0.1, 0.15) is 38.5 Å². The number of carbonyl (C=O) groups is 2. The van der Waals surface area contributed by atoms with Crippen LogP contribution in [0, 0.1) is 5.92 Å². The molecule has 26 heavy (non-hydrogen) atoms. The molecule has 7 heteroatoms. The summed E-state index contributed by atoms with van der Waals surface area (Å²) in [7, 11) is 1.71. The van der Waals surface area contributed by atoms with Crippen LogP contribution < -0.4 is 10.2 Å². The highest BCUT2D eigenvalue weighted by molar-refractivity contribution is 5.86. The molecule has 2 aliphatic rings. The van der Waals surface area contributed by atoms with Crippen molar-refractivity contribution < 1.29 is 14.3 Å². The maximum atomic E-state index is 12.3. The van der Waals surface area contributed by atoms with E-state index in [0.717, 1.165) is 57.3 Å². The van der Waals surface area contributed by atoms with Crippen LogP contribution in [0.3, 0.4) is 0 Å². The average molecular weight is 360 g/mol. The molecule has 142 valence electrons. The van der Waals surface area contributed by atoms with E-state index >= 15 is 0 Å². The molecule has 0 atom stereocenters. The second kappa shape index (κ2) is 8.87. The first kappa shape index (κ1) is 18.5. The van der Waals surface area contributed by atoms with Crippen LogP contribution >= 0.6 is 0 Å². The smallest absolute Gasteiger partial charge is 0.414 e. The zero-order valence-corrected chi connectivity index (χ0v) is 15.4. The summed E-state index contributed by atoms with van der Waals surface area (Å²) in [5.74, 6) is 0.467. The minimum absolute atomic E-state index is 0.0441. The van der Waals surface area contributed by atoms with E-state index in [2.05, 4.69) is 10.3 Å². The Morgan fingerprint density at radius 2 is 1.85 bits per heavy atom.